The summed E-state index contributed by atoms with van der Waals surface area (Å²) >= 11 is 0. The highest BCUT2D eigenvalue weighted by Gasteiger charge is 2.50. The van der Waals surface area contributed by atoms with Crippen molar-refractivity contribution >= 4 is 11.9 Å². The fourth-order valence-electron chi connectivity index (χ4n) is 6.35. The molecule has 154 valence electrons. The minimum absolute atomic E-state index is 0.0234. The molecule has 4 saturated carbocycles. The van der Waals surface area contributed by atoms with Crippen LogP contribution in [0.15, 0.2) is 0 Å². The van der Waals surface area contributed by atoms with Crippen LogP contribution in [0.1, 0.15) is 91.4 Å². The zero-order chi connectivity index (χ0) is 19.4. The molecule has 4 heteroatoms. The van der Waals surface area contributed by atoms with Crippen LogP contribution in [0.4, 0.5) is 0 Å². The molecule has 0 heterocycles. The zero-order valence-electron chi connectivity index (χ0n) is 17.5. The lowest BCUT2D eigenvalue weighted by Crippen LogP contribution is -2.46. The molecule has 0 aromatic rings. The Kier molecular flexibility index (Phi) is 6.86. The van der Waals surface area contributed by atoms with E-state index in [1.54, 1.807) is 0 Å². The van der Waals surface area contributed by atoms with Gasteiger partial charge >= 0.3 is 11.9 Å². The third-order valence-electron chi connectivity index (χ3n) is 7.25. The van der Waals surface area contributed by atoms with Crippen LogP contribution in [0.2, 0.25) is 0 Å². The van der Waals surface area contributed by atoms with Gasteiger partial charge in [0.2, 0.25) is 0 Å². The number of hydrogen-bond acceptors (Lipinski definition) is 4. The molecule has 0 aromatic carbocycles. The summed E-state index contributed by atoms with van der Waals surface area (Å²) in [6.45, 7) is 6.70. The van der Waals surface area contributed by atoms with Gasteiger partial charge in [0.1, 0.15) is 6.10 Å². The molecule has 0 N–H and O–H groups in total. The van der Waals surface area contributed by atoms with E-state index in [1.807, 2.05) is 6.92 Å². The molecule has 0 aromatic heterocycles. The third-order valence-corrected chi connectivity index (χ3v) is 7.25. The summed E-state index contributed by atoms with van der Waals surface area (Å²) in [5.41, 5.74) is 0.463. The van der Waals surface area contributed by atoms with Crippen LogP contribution >= 0.6 is 0 Å². The molecule has 4 rings (SSSR count). The van der Waals surface area contributed by atoms with E-state index in [2.05, 4.69) is 13.8 Å². The van der Waals surface area contributed by atoms with Crippen molar-refractivity contribution in [2.75, 3.05) is 6.61 Å². The van der Waals surface area contributed by atoms with Gasteiger partial charge in [-0.2, -0.15) is 0 Å². The SMILES string of the molecule is CCC(OC(=O)CCCC(=O)OCCC12CC3CC(CC(C3)C1)C2)C(C)C. The van der Waals surface area contributed by atoms with Crippen molar-refractivity contribution in [3.8, 4) is 0 Å². The molecule has 4 fully saturated rings. The molecular weight excluding hydrogens is 340 g/mol. The Morgan fingerprint density at radius 2 is 1.52 bits per heavy atom. The Morgan fingerprint density at radius 1 is 0.963 bits per heavy atom. The van der Waals surface area contributed by atoms with Gasteiger partial charge < -0.3 is 9.47 Å². The second kappa shape index (κ2) is 8.96. The quantitative estimate of drug-likeness (QED) is 0.485. The smallest absolute Gasteiger partial charge is 0.306 e. The van der Waals surface area contributed by atoms with Crippen LogP contribution in [0, 0.1) is 29.1 Å². The van der Waals surface area contributed by atoms with Gasteiger partial charge in [0, 0.05) is 12.8 Å². The van der Waals surface area contributed by atoms with Crippen molar-refractivity contribution in [3.05, 3.63) is 0 Å². The van der Waals surface area contributed by atoms with Gasteiger partial charge in [-0.3, -0.25) is 9.59 Å². The lowest BCUT2D eigenvalue weighted by Gasteiger charge is -2.57. The lowest BCUT2D eigenvalue weighted by atomic mass is 9.49. The van der Waals surface area contributed by atoms with Crippen LogP contribution in [0.5, 0.6) is 0 Å². The number of carbonyl (C=O) groups is 2. The summed E-state index contributed by atoms with van der Waals surface area (Å²) < 4.78 is 11.0. The van der Waals surface area contributed by atoms with Crippen LogP contribution in [-0.4, -0.2) is 24.6 Å². The van der Waals surface area contributed by atoms with Gasteiger partial charge in [0.25, 0.3) is 0 Å². The van der Waals surface area contributed by atoms with Gasteiger partial charge in [0.05, 0.1) is 6.61 Å². The summed E-state index contributed by atoms with van der Waals surface area (Å²) in [6, 6.07) is 0. The normalized spacial score (nSPS) is 32.5. The maximum Gasteiger partial charge on any atom is 0.306 e. The number of carbonyl (C=O) groups excluding carboxylic acids is 2. The van der Waals surface area contributed by atoms with E-state index in [9.17, 15) is 9.59 Å². The van der Waals surface area contributed by atoms with E-state index in [1.165, 1.54) is 38.5 Å². The first-order valence-corrected chi connectivity index (χ1v) is 11.2. The Hall–Kier alpha value is -1.06. The molecule has 1 atom stereocenters. The monoisotopic (exact) mass is 378 g/mol. The van der Waals surface area contributed by atoms with Crippen molar-refractivity contribution in [2.45, 2.75) is 97.5 Å². The first-order chi connectivity index (χ1) is 12.9. The van der Waals surface area contributed by atoms with E-state index >= 15 is 0 Å². The highest BCUT2D eigenvalue weighted by atomic mass is 16.5. The molecule has 27 heavy (non-hydrogen) atoms. The highest BCUT2D eigenvalue weighted by molar-refractivity contribution is 5.72. The zero-order valence-corrected chi connectivity index (χ0v) is 17.5. The van der Waals surface area contributed by atoms with Crippen LogP contribution in [0.3, 0.4) is 0 Å². The summed E-state index contributed by atoms with van der Waals surface area (Å²) in [4.78, 5) is 23.9. The number of hydrogen-bond donors (Lipinski definition) is 0. The van der Waals surface area contributed by atoms with Crippen molar-refractivity contribution in [3.63, 3.8) is 0 Å². The Morgan fingerprint density at radius 3 is 2.04 bits per heavy atom. The van der Waals surface area contributed by atoms with Crippen LogP contribution in [-0.2, 0) is 19.1 Å². The Labute approximate surface area is 164 Å². The highest BCUT2D eigenvalue weighted by Crippen LogP contribution is 2.61. The fraction of sp³-hybridized carbons (Fsp3) is 0.913. The summed E-state index contributed by atoms with van der Waals surface area (Å²) in [5, 5.41) is 0. The van der Waals surface area contributed by atoms with E-state index in [4.69, 9.17) is 9.47 Å². The number of rotatable bonds is 10. The van der Waals surface area contributed by atoms with Gasteiger partial charge in [-0.25, -0.2) is 0 Å². The molecule has 1 unspecified atom stereocenters. The topological polar surface area (TPSA) is 52.6 Å². The van der Waals surface area contributed by atoms with Crippen LogP contribution in [0.25, 0.3) is 0 Å². The Bertz CT molecular complexity index is 489. The van der Waals surface area contributed by atoms with E-state index in [-0.39, 0.29) is 18.0 Å². The van der Waals surface area contributed by atoms with Crippen molar-refractivity contribution in [1.29, 1.82) is 0 Å². The summed E-state index contributed by atoms with van der Waals surface area (Å²) in [5.74, 6) is 2.79. The predicted octanol–water partition coefficient (Wildman–Crippen LogP) is 5.28. The minimum atomic E-state index is -0.197. The number of esters is 2. The molecule has 4 aliphatic rings. The first kappa shape index (κ1) is 20.7. The predicted molar refractivity (Wildman–Crippen MR) is 105 cm³/mol. The summed E-state index contributed by atoms with van der Waals surface area (Å²) in [6.07, 6.45) is 11.4. The largest absolute Gasteiger partial charge is 0.466 e. The average Bonchev–Trinajstić information content (AvgIpc) is 2.58. The van der Waals surface area contributed by atoms with Gasteiger partial charge in [-0.15, -0.1) is 0 Å². The van der Waals surface area contributed by atoms with Gasteiger partial charge in [-0.1, -0.05) is 20.8 Å². The molecule has 4 bridgehead atoms. The van der Waals surface area contributed by atoms with E-state index < -0.39 is 0 Å². The molecule has 0 radical (unpaired) electrons. The summed E-state index contributed by atoms with van der Waals surface area (Å²) in [7, 11) is 0. The second-order valence-electron chi connectivity index (χ2n) is 9.92. The third kappa shape index (κ3) is 5.48. The second-order valence-corrected chi connectivity index (χ2v) is 9.92. The average molecular weight is 379 g/mol. The van der Waals surface area contributed by atoms with Crippen molar-refractivity contribution in [1.82, 2.24) is 0 Å². The molecular formula is C23H38O4. The van der Waals surface area contributed by atoms with Gasteiger partial charge in [0.15, 0.2) is 0 Å². The molecule has 4 nitrogen and oxygen atoms in total. The maximum absolute atomic E-state index is 12.0. The Balaban J connectivity index is 1.30. The van der Waals surface area contributed by atoms with Crippen LogP contribution < -0.4 is 0 Å². The van der Waals surface area contributed by atoms with E-state index in [0.717, 1.165) is 30.6 Å². The maximum atomic E-state index is 12.0. The van der Waals surface area contributed by atoms with Gasteiger partial charge in [-0.05, 0) is 86.9 Å². The molecule has 0 amide bonds. The number of ether oxygens (including phenoxy) is 2. The minimum Gasteiger partial charge on any atom is -0.466 e. The first-order valence-electron chi connectivity index (χ1n) is 11.2. The fourth-order valence-corrected chi connectivity index (χ4v) is 6.35. The van der Waals surface area contributed by atoms with Crippen molar-refractivity contribution < 1.29 is 19.1 Å². The molecule has 0 saturated heterocycles. The lowest BCUT2D eigenvalue weighted by molar-refractivity contribution is -0.152. The molecule has 0 aliphatic heterocycles. The molecule has 4 aliphatic carbocycles. The standard InChI is InChI=1S/C23H38O4/c1-4-20(16(2)3)27-22(25)7-5-6-21(24)26-9-8-23-13-17-10-18(14-23)12-19(11-17)15-23/h16-20H,4-15H2,1-3H3. The molecule has 0 spiro atoms. The van der Waals surface area contributed by atoms with Crippen molar-refractivity contribution in [2.24, 2.45) is 29.1 Å². The van der Waals surface area contributed by atoms with E-state index in [0.29, 0.717) is 37.2 Å².